The molecule has 1 unspecified atom stereocenters. The number of pyridine rings is 1. The number of carbonyl (C=O) groups excluding carboxylic acids is 1. The molecule has 0 spiro atoms. The highest BCUT2D eigenvalue weighted by Gasteiger charge is 2.35. The van der Waals surface area contributed by atoms with Crippen molar-refractivity contribution in [2.45, 2.75) is 12.3 Å². The van der Waals surface area contributed by atoms with Gasteiger partial charge in [0.05, 0.1) is 19.1 Å². The van der Waals surface area contributed by atoms with E-state index in [-0.39, 0.29) is 34.3 Å². The lowest BCUT2D eigenvalue weighted by molar-refractivity contribution is -0.135. The van der Waals surface area contributed by atoms with Gasteiger partial charge >= 0.3 is 5.97 Å². The van der Waals surface area contributed by atoms with E-state index in [9.17, 15) is 19.5 Å². The Hall–Kier alpha value is -4.85. The number of methoxy groups -OCH3 is 1. The third-order valence-electron chi connectivity index (χ3n) is 6.53. The quantitative estimate of drug-likeness (QED) is 0.289. The van der Waals surface area contributed by atoms with Gasteiger partial charge < -0.3 is 24.0 Å². The fraction of sp³-hybridized carbons (Fsp3) is 0.107. The number of rotatable bonds is 3. The highest BCUT2D eigenvalue weighted by Crippen LogP contribution is 2.45. The molecule has 8 nitrogen and oxygen atoms in total. The second kappa shape index (κ2) is 8.13. The number of fused-ring (bicyclic) bond motifs is 4. The molecule has 2 N–H and O–H groups in total. The first kappa shape index (κ1) is 21.7. The number of phenols is 1. The zero-order chi connectivity index (χ0) is 25.0. The Balaban J connectivity index is 1.64. The maximum Gasteiger partial charge on any atom is 0.312 e. The van der Waals surface area contributed by atoms with Crippen molar-refractivity contribution in [3.8, 4) is 28.4 Å². The number of phenolic OH excluding ortho intramolecular Hbond substituents is 1. The minimum Gasteiger partial charge on any atom is -0.507 e. The fourth-order valence-electron chi connectivity index (χ4n) is 4.87. The first-order valence-electron chi connectivity index (χ1n) is 11.2. The number of para-hydroxylation sites is 2. The molecule has 0 aliphatic carbocycles. The number of aromatic amines is 1. The molecular weight excluding hydrogens is 462 g/mol. The molecule has 1 atom stereocenters. The summed E-state index contributed by atoms with van der Waals surface area (Å²) in [4.78, 5) is 42.0. The van der Waals surface area contributed by atoms with Crippen molar-refractivity contribution in [1.29, 1.82) is 0 Å². The number of esters is 1. The van der Waals surface area contributed by atoms with Crippen LogP contribution >= 0.6 is 0 Å². The van der Waals surface area contributed by atoms with E-state index in [0.717, 1.165) is 5.39 Å². The molecule has 0 fully saturated rings. The number of ether oxygens (including phenoxy) is 2. The molecular formula is C28H19NO7. The van der Waals surface area contributed by atoms with Crippen molar-refractivity contribution >= 4 is 27.8 Å². The second-order valence-corrected chi connectivity index (χ2v) is 8.56. The Kier molecular flexibility index (Phi) is 4.89. The molecule has 2 aromatic heterocycles. The van der Waals surface area contributed by atoms with Gasteiger partial charge in [0, 0.05) is 34.2 Å². The SMILES string of the molecule is COc1ccccc1-c1coc2c3c(cc(O)c2c1=O)OC(=O)CC3c1cc2ccccc2[nH]c1=O. The van der Waals surface area contributed by atoms with Crippen molar-refractivity contribution in [1.82, 2.24) is 4.98 Å². The number of hydrogen-bond acceptors (Lipinski definition) is 7. The van der Waals surface area contributed by atoms with Gasteiger partial charge in [0.15, 0.2) is 0 Å². The molecule has 3 heterocycles. The number of H-pyrrole nitrogens is 1. The molecule has 8 heteroatoms. The topological polar surface area (TPSA) is 119 Å². The van der Waals surface area contributed by atoms with Gasteiger partial charge in [-0.25, -0.2) is 0 Å². The monoisotopic (exact) mass is 481 g/mol. The Morgan fingerprint density at radius 1 is 1.00 bits per heavy atom. The lowest BCUT2D eigenvalue weighted by Crippen LogP contribution is -2.26. The highest BCUT2D eigenvalue weighted by molar-refractivity contribution is 5.94. The summed E-state index contributed by atoms with van der Waals surface area (Å²) in [6.07, 6.45) is 1.16. The maximum atomic E-state index is 13.6. The molecule has 1 aliphatic rings. The van der Waals surface area contributed by atoms with Crippen LogP contribution in [0.25, 0.3) is 33.0 Å². The average molecular weight is 481 g/mol. The van der Waals surface area contributed by atoms with Crippen LogP contribution in [0, 0.1) is 0 Å². The van der Waals surface area contributed by atoms with E-state index in [1.807, 2.05) is 18.2 Å². The van der Waals surface area contributed by atoms with E-state index < -0.39 is 23.1 Å². The van der Waals surface area contributed by atoms with Gasteiger partial charge in [0.1, 0.15) is 34.5 Å². The Labute approximate surface area is 203 Å². The van der Waals surface area contributed by atoms with Crippen LogP contribution in [0.5, 0.6) is 17.2 Å². The van der Waals surface area contributed by atoms with Crippen LogP contribution in [-0.2, 0) is 4.79 Å². The molecule has 1 aliphatic heterocycles. The molecule has 0 saturated carbocycles. The normalized spacial score (nSPS) is 15.0. The molecule has 5 aromatic rings. The predicted molar refractivity (Wildman–Crippen MR) is 133 cm³/mol. The van der Waals surface area contributed by atoms with E-state index in [1.165, 1.54) is 19.4 Å². The standard InChI is InChI=1S/C28H19NO7/c1-34-21-9-5-3-7-15(21)18-13-35-27-24-16(17-10-14-6-2-4-8-19(14)29-28(17)33)11-23(31)36-22(24)12-20(30)25(27)26(18)32/h2-10,12-13,16,30H,11H2,1H3,(H,29,33). The van der Waals surface area contributed by atoms with E-state index in [2.05, 4.69) is 4.98 Å². The van der Waals surface area contributed by atoms with E-state index >= 15 is 0 Å². The Bertz CT molecular complexity index is 1820. The molecule has 178 valence electrons. The number of carbonyl (C=O) groups is 1. The largest absolute Gasteiger partial charge is 0.507 e. The van der Waals surface area contributed by atoms with Gasteiger partial charge in [-0.1, -0.05) is 36.4 Å². The molecule has 0 radical (unpaired) electrons. The van der Waals surface area contributed by atoms with Gasteiger partial charge in [-0.3, -0.25) is 14.4 Å². The lowest BCUT2D eigenvalue weighted by Gasteiger charge is -2.25. The number of aromatic hydroxyl groups is 1. The van der Waals surface area contributed by atoms with Crippen LogP contribution in [0.15, 0.2) is 80.9 Å². The van der Waals surface area contributed by atoms with Crippen LogP contribution in [0.1, 0.15) is 23.5 Å². The number of benzene rings is 3. The van der Waals surface area contributed by atoms with Gasteiger partial charge in [-0.15, -0.1) is 0 Å². The molecule has 0 saturated heterocycles. The zero-order valence-corrected chi connectivity index (χ0v) is 19.0. The first-order valence-corrected chi connectivity index (χ1v) is 11.2. The summed E-state index contributed by atoms with van der Waals surface area (Å²) < 4.78 is 16.7. The summed E-state index contributed by atoms with van der Waals surface area (Å²) in [5.41, 5.74) is 1.25. The summed E-state index contributed by atoms with van der Waals surface area (Å²) in [6.45, 7) is 0. The summed E-state index contributed by atoms with van der Waals surface area (Å²) in [5, 5.41) is 11.5. The van der Waals surface area contributed by atoms with Crippen LogP contribution in [-0.4, -0.2) is 23.2 Å². The van der Waals surface area contributed by atoms with Crippen LogP contribution in [0.4, 0.5) is 0 Å². The van der Waals surface area contributed by atoms with E-state index in [0.29, 0.717) is 28.0 Å². The number of nitrogens with one attached hydrogen (secondary N) is 1. The van der Waals surface area contributed by atoms with Crippen molar-refractivity contribution in [2.75, 3.05) is 7.11 Å². The van der Waals surface area contributed by atoms with Crippen LogP contribution < -0.4 is 20.5 Å². The smallest absolute Gasteiger partial charge is 0.312 e. The second-order valence-electron chi connectivity index (χ2n) is 8.56. The van der Waals surface area contributed by atoms with Crippen LogP contribution in [0.2, 0.25) is 0 Å². The summed E-state index contributed by atoms with van der Waals surface area (Å²) in [7, 11) is 1.50. The third-order valence-corrected chi connectivity index (χ3v) is 6.53. The molecule has 6 rings (SSSR count). The predicted octanol–water partition coefficient (Wildman–Crippen LogP) is 4.46. The van der Waals surface area contributed by atoms with Crippen molar-refractivity contribution in [3.63, 3.8) is 0 Å². The minimum absolute atomic E-state index is 0.0435. The van der Waals surface area contributed by atoms with Gasteiger partial charge in [0.2, 0.25) is 5.43 Å². The van der Waals surface area contributed by atoms with Gasteiger partial charge in [-0.05, 0) is 23.6 Å². The lowest BCUT2D eigenvalue weighted by atomic mass is 9.85. The third kappa shape index (κ3) is 3.26. The summed E-state index contributed by atoms with van der Waals surface area (Å²) in [6, 6.07) is 17.2. The number of aromatic nitrogens is 1. The summed E-state index contributed by atoms with van der Waals surface area (Å²) in [5.74, 6) is -1.20. The van der Waals surface area contributed by atoms with E-state index in [1.54, 1.807) is 36.4 Å². The van der Waals surface area contributed by atoms with Gasteiger partial charge in [0.25, 0.3) is 5.56 Å². The first-order chi connectivity index (χ1) is 17.5. The van der Waals surface area contributed by atoms with Crippen molar-refractivity contribution < 1.29 is 23.8 Å². The maximum absolute atomic E-state index is 13.6. The molecule has 3 aromatic carbocycles. The van der Waals surface area contributed by atoms with Crippen molar-refractivity contribution in [2.24, 2.45) is 0 Å². The van der Waals surface area contributed by atoms with Crippen LogP contribution in [0.3, 0.4) is 0 Å². The molecule has 36 heavy (non-hydrogen) atoms. The zero-order valence-electron chi connectivity index (χ0n) is 19.0. The van der Waals surface area contributed by atoms with Gasteiger partial charge in [-0.2, -0.15) is 0 Å². The van der Waals surface area contributed by atoms with E-state index in [4.69, 9.17) is 13.9 Å². The molecule has 0 amide bonds. The highest BCUT2D eigenvalue weighted by atomic mass is 16.5. The average Bonchev–Trinajstić information content (AvgIpc) is 2.87. The Morgan fingerprint density at radius 2 is 1.78 bits per heavy atom. The minimum atomic E-state index is -0.752. The fourth-order valence-corrected chi connectivity index (χ4v) is 4.87. The number of hydrogen-bond donors (Lipinski definition) is 2. The summed E-state index contributed by atoms with van der Waals surface area (Å²) >= 11 is 0. The van der Waals surface area contributed by atoms with Crippen molar-refractivity contribution in [3.05, 3.63) is 98.6 Å². The Morgan fingerprint density at radius 3 is 2.61 bits per heavy atom. The molecule has 0 bridgehead atoms.